The van der Waals surface area contributed by atoms with Crippen LogP contribution in [0, 0.1) is 0 Å². The predicted molar refractivity (Wildman–Crippen MR) is 58.2 cm³/mol. The van der Waals surface area contributed by atoms with Crippen molar-refractivity contribution in [3.63, 3.8) is 0 Å². The number of aromatic nitrogens is 4. The molecule has 0 saturated carbocycles. The quantitative estimate of drug-likeness (QED) is 0.676. The maximum atomic E-state index is 10.0. The molecular formula is C10H13N5O. The van der Waals surface area contributed by atoms with Crippen LogP contribution in [0.1, 0.15) is 12.5 Å². The van der Waals surface area contributed by atoms with Crippen molar-refractivity contribution in [3.8, 4) is 11.4 Å². The van der Waals surface area contributed by atoms with E-state index in [1.807, 2.05) is 18.2 Å². The fourth-order valence-electron chi connectivity index (χ4n) is 1.40. The summed E-state index contributed by atoms with van der Waals surface area (Å²) in [5, 5.41) is 23.6. The number of rotatable bonds is 3. The summed E-state index contributed by atoms with van der Waals surface area (Å²) in [5.41, 5.74) is 5.99. The van der Waals surface area contributed by atoms with Crippen molar-refractivity contribution in [1.29, 1.82) is 0 Å². The van der Waals surface area contributed by atoms with Gasteiger partial charge in [0, 0.05) is 12.1 Å². The summed E-state index contributed by atoms with van der Waals surface area (Å²) in [7, 11) is 0. The second kappa shape index (κ2) is 3.99. The van der Waals surface area contributed by atoms with E-state index in [9.17, 15) is 5.11 Å². The number of nitrogens with zero attached hydrogens (tertiary/aromatic N) is 3. The summed E-state index contributed by atoms with van der Waals surface area (Å²) < 4.78 is 0. The van der Waals surface area contributed by atoms with Crippen LogP contribution >= 0.6 is 0 Å². The van der Waals surface area contributed by atoms with E-state index >= 15 is 0 Å². The fraction of sp³-hybridized carbons (Fsp3) is 0.300. The average Bonchev–Trinajstić information content (AvgIpc) is 2.83. The Labute approximate surface area is 92.5 Å². The molecule has 2 aromatic rings. The molecule has 1 aromatic heterocycles. The average molecular weight is 219 g/mol. The van der Waals surface area contributed by atoms with Gasteiger partial charge in [-0.05, 0) is 23.8 Å². The number of aliphatic hydroxyl groups is 1. The molecule has 84 valence electrons. The zero-order valence-corrected chi connectivity index (χ0v) is 8.88. The van der Waals surface area contributed by atoms with Crippen LogP contribution in [0.3, 0.4) is 0 Å². The molecule has 0 fully saturated rings. The smallest absolute Gasteiger partial charge is 0.204 e. The van der Waals surface area contributed by atoms with Gasteiger partial charge in [-0.25, -0.2) is 0 Å². The minimum Gasteiger partial charge on any atom is -0.384 e. The van der Waals surface area contributed by atoms with E-state index in [2.05, 4.69) is 20.6 Å². The third kappa shape index (κ3) is 1.93. The number of hydrogen-bond acceptors (Lipinski definition) is 5. The van der Waals surface area contributed by atoms with E-state index in [4.69, 9.17) is 5.73 Å². The predicted octanol–water partition coefficient (Wildman–Crippen LogP) is 0.0329. The first-order valence-corrected chi connectivity index (χ1v) is 4.90. The van der Waals surface area contributed by atoms with Gasteiger partial charge in [0.2, 0.25) is 5.82 Å². The monoisotopic (exact) mass is 219 g/mol. The highest BCUT2D eigenvalue weighted by molar-refractivity contribution is 5.55. The maximum absolute atomic E-state index is 10.0. The van der Waals surface area contributed by atoms with E-state index in [0.717, 1.165) is 11.1 Å². The number of aromatic amines is 1. The largest absolute Gasteiger partial charge is 0.384 e. The molecule has 16 heavy (non-hydrogen) atoms. The molecule has 4 N–H and O–H groups in total. The Morgan fingerprint density at radius 3 is 2.94 bits per heavy atom. The van der Waals surface area contributed by atoms with Crippen LogP contribution in [-0.2, 0) is 5.60 Å². The second-order valence-electron chi connectivity index (χ2n) is 3.79. The summed E-state index contributed by atoms with van der Waals surface area (Å²) in [5.74, 6) is 0.495. The van der Waals surface area contributed by atoms with Gasteiger partial charge in [0.1, 0.15) is 0 Å². The first kappa shape index (κ1) is 10.7. The number of hydrogen-bond donors (Lipinski definition) is 3. The Hall–Kier alpha value is -1.79. The lowest BCUT2D eigenvalue weighted by Crippen LogP contribution is -2.31. The first-order valence-electron chi connectivity index (χ1n) is 4.90. The van der Waals surface area contributed by atoms with Gasteiger partial charge >= 0.3 is 0 Å². The van der Waals surface area contributed by atoms with E-state index in [-0.39, 0.29) is 6.54 Å². The number of nitrogens with two attached hydrogens (primary N) is 1. The normalized spacial score (nSPS) is 14.7. The van der Waals surface area contributed by atoms with Crippen molar-refractivity contribution in [3.05, 3.63) is 29.8 Å². The molecule has 2 rings (SSSR count). The minimum absolute atomic E-state index is 0.155. The van der Waals surface area contributed by atoms with E-state index < -0.39 is 5.60 Å². The number of tetrazole rings is 1. The minimum atomic E-state index is -1.04. The molecule has 0 aliphatic heterocycles. The highest BCUT2D eigenvalue weighted by atomic mass is 16.3. The van der Waals surface area contributed by atoms with Crippen molar-refractivity contribution in [1.82, 2.24) is 20.6 Å². The Bertz CT molecular complexity index is 466. The number of benzene rings is 1. The van der Waals surface area contributed by atoms with Crippen LogP contribution in [0.25, 0.3) is 11.4 Å². The molecule has 1 unspecified atom stereocenters. The summed E-state index contributed by atoms with van der Waals surface area (Å²) in [4.78, 5) is 0. The van der Waals surface area contributed by atoms with Crippen molar-refractivity contribution < 1.29 is 5.11 Å². The third-order valence-corrected chi connectivity index (χ3v) is 2.49. The van der Waals surface area contributed by atoms with Gasteiger partial charge < -0.3 is 10.8 Å². The van der Waals surface area contributed by atoms with Crippen molar-refractivity contribution >= 4 is 0 Å². The molecular weight excluding hydrogens is 206 g/mol. The highest BCUT2D eigenvalue weighted by Gasteiger charge is 2.21. The van der Waals surface area contributed by atoms with Gasteiger partial charge in [-0.1, -0.05) is 18.2 Å². The summed E-state index contributed by atoms with van der Waals surface area (Å²) in [6.45, 7) is 1.82. The Balaban J connectivity index is 2.41. The SMILES string of the molecule is CC(O)(CN)c1cccc(-c2nn[nH]n2)c1. The summed E-state index contributed by atoms with van der Waals surface area (Å²) in [6, 6.07) is 7.29. The molecule has 0 saturated heterocycles. The van der Waals surface area contributed by atoms with Crippen LogP contribution in [0.15, 0.2) is 24.3 Å². The lowest BCUT2D eigenvalue weighted by molar-refractivity contribution is 0.0669. The first-order chi connectivity index (χ1) is 7.63. The van der Waals surface area contributed by atoms with Gasteiger partial charge in [0.15, 0.2) is 0 Å². The van der Waals surface area contributed by atoms with Crippen LogP contribution < -0.4 is 5.73 Å². The van der Waals surface area contributed by atoms with Gasteiger partial charge in [-0.15, -0.1) is 10.2 Å². The van der Waals surface area contributed by atoms with Gasteiger partial charge in [0.25, 0.3) is 0 Å². The maximum Gasteiger partial charge on any atom is 0.204 e. The Morgan fingerprint density at radius 1 is 1.50 bits per heavy atom. The van der Waals surface area contributed by atoms with Crippen LogP contribution in [0.4, 0.5) is 0 Å². The fourth-order valence-corrected chi connectivity index (χ4v) is 1.40. The van der Waals surface area contributed by atoms with Crippen LogP contribution in [0.5, 0.6) is 0 Å². The molecule has 1 heterocycles. The molecule has 1 aromatic carbocycles. The van der Waals surface area contributed by atoms with E-state index in [1.54, 1.807) is 13.0 Å². The molecule has 6 nitrogen and oxygen atoms in total. The zero-order chi connectivity index (χ0) is 11.6. The van der Waals surface area contributed by atoms with Crippen molar-refractivity contribution in [2.75, 3.05) is 6.54 Å². The standard InChI is InChI=1S/C10H13N5O/c1-10(16,6-11)8-4-2-3-7(5-8)9-12-14-15-13-9/h2-5,16H,6,11H2,1H3,(H,12,13,14,15). The topological polar surface area (TPSA) is 101 Å². The molecule has 6 heteroatoms. The van der Waals surface area contributed by atoms with E-state index in [1.165, 1.54) is 0 Å². The van der Waals surface area contributed by atoms with Crippen LogP contribution in [0.2, 0.25) is 0 Å². The molecule has 0 radical (unpaired) electrons. The molecule has 0 bridgehead atoms. The lowest BCUT2D eigenvalue weighted by atomic mass is 9.94. The number of H-pyrrole nitrogens is 1. The summed E-state index contributed by atoms with van der Waals surface area (Å²) >= 11 is 0. The van der Waals surface area contributed by atoms with Gasteiger partial charge in [-0.2, -0.15) is 5.21 Å². The zero-order valence-electron chi connectivity index (χ0n) is 8.88. The molecule has 0 aliphatic rings. The Morgan fingerprint density at radius 2 is 2.31 bits per heavy atom. The summed E-state index contributed by atoms with van der Waals surface area (Å²) in [6.07, 6.45) is 0. The number of nitrogens with one attached hydrogen (secondary N) is 1. The molecule has 0 amide bonds. The van der Waals surface area contributed by atoms with Crippen LogP contribution in [-0.4, -0.2) is 32.3 Å². The Kier molecular flexibility index (Phi) is 2.67. The lowest BCUT2D eigenvalue weighted by Gasteiger charge is -2.21. The molecule has 1 atom stereocenters. The third-order valence-electron chi connectivity index (χ3n) is 2.49. The molecule has 0 aliphatic carbocycles. The van der Waals surface area contributed by atoms with Crippen molar-refractivity contribution in [2.24, 2.45) is 5.73 Å². The highest BCUT2D eigenvalue weighted by Crippen LogP contribution is 2.23. The second-order valence-corrected chi connectivity index (χ2v) is 3.79. The van der Waals surface area contributed by atoms with Crippen molar-refractivity contribution in [2.45, 2.75) is 12.5 Å². The molecule has 0 spiro atoms. The van der Waals surface area contributed by atoms with Gasteiger partial charge in [0.05, 0.1) is 5.60 Å². The van der Waals surface area contributed by atoms with E-state index in [0.29, 0.717) is 5.82 Å². The van der Waals surface area contributed by atoms with Gasteiger partial charge in [-0.3, -0.25) is 0 Å².